The number of benzene rings is 2. The largest absolute Gasteiger partial charge is 0.295 e. The van der Waals surface area contributed by atoms with Gasteiger partial charge in [-0.25, -0.2) is 0 Å². The standard InChI is InChI=1S/C17H17ClOS/c1-11-6-12(2)8-14(7-11)10-20-17-5-4-15(13(3)19)9-16(17)18/h4-9H,10H2,1-3H3. The summed E-state index contributed by atoms with van der Waals surface area (Å²) in [4.78, 5) is 12.3. The second kappa shape index (κ2) is 6.47. The molecule has 0 aliphatic rings. The summed E-state index contributed by atoms with van der Waals surface area (Å²) in [6, 6.07) is 12.1. The predicted octanol–water partition coefficient (Wildman–Crippen LogP) is 5.45. The first kappa shape index (κ1) is 15.1. The molecule has 0 saturated carbocycles. The lowest BCUT2D eigenvalue weighted by Gasteiger charge is -2.07. The minimum atomic E-state index is 0.0396. The zero-order valence-electron chi connectivity index (χ0n) is 11.9. The van der Waals surface area contributed by atoms with Crippen LogP contribution >= 0.6 is 23.4 Å². The number of rotatable bonds is 4. The number of hydrogen-bond donors (Lipinski definition) is 0. The van der Waals surface area contributed by atoms with Crippen molar-refractivity contribution in [3.63, 3.8) is 0 Å². The third-order valence-electron chi connectivity index (χ3n) is 3.01. The topological polar surface area (TPSA) is 17.1 Å². The van der Waals surface area contributed by atoms with Crippen LogP contribution in [0.15, 0.2) is 41.3 Å². The van der Waals surface area contributed by atoms with Crippen molar-refractivity contribution in [1.82, 2.24) is 0 Å². The Labute approximate surface area is 129 Å². The molecule has 0 unspecified atom stereocenters. The van der Waals surface area contributed by atoms with E-state index in [1.165, 1.54) is 16.7 Å². The fourth-order valence-electron chi connectivity index (χ4n) is 2.15. The summed E-state index contributed by atoms with van der Waals surface area (Å²) in [7, 11) is 0. The maximum atomic E-state index is 11.3. The van der Waals surface area contributed by atoms with Crippen LogP contribution in [0, 0.1) is 13.8 Å². The minimum absolute atomic E-state index is 0.0396. The maximum Gasteiger partial charge on any atom is 0.159 e. The van der Waals surface area contributed by atoms with E-state index in [0.717, 1.165) is 10.6 Å². The van der Waals surface area contributed by atoms with E-state index >= 15 is 0 Å². The molecule has 0 saturated heterocycles. The number of carbonyl (C=O) groups excluding carboxylic acids is 1. The highest BCUT2D eigenvalue weighted by atomic mass is 35.5. The monoisotopic (exact) mass is 304 g/mol. The molecule has 3 heteroatoms. The van der Waals surface area contributed by atoms with Gasteiger partial charge in [-0.3, -0.25) is 4.79 Å². The molecule has 1 nitrogen and oxygen atoms in total. The van der Waals surface area contributed by atoms with Gasteiger partial charge in [0.1, 0.15) is 0 Å². The van der Waals surface area contributed by atoms with Crippen molar-refractivity contribution in [3.8, 4) is 0 Å². The van der Waals surface area contributed by atoms with Crippen LogP contribution in [0.3, 0.4) is 0 Å². The molecule has 0 radical (unpaired) electrons. The van der Waals surface area contributed by atoms with E-state index in [-0.39, 0.29) is 5.78 Å². The van der Waals surface area contributed by atoms with Gasteiger partial charge in [0.25, 0.3) is 0 Å². The highest BCUT2D eigenvalue weighted by Gasteiger charge is 2.06. The van der Waals surface area contributed by atoms with Crippen LogP contribution in [0.1, 0.15) is 34.0 Å². The molecular formula is C17H17ClOS. The van der Waals surface area contributed by atoms with E-state index in [0.29, 0.717) is 10.6 Å². The lowest BCUT2D eigenvalue weighted by atomic mass is 10.1. The summed E-state index contributed by atoms with van der Waals surface area (Å²) in [6.07, 6.45) is 0. The average Bonchev–Trinajstić information content (AvgIpc) is 2.36. The van der Waals surface area contributed by atoms with Crippen molar-refractivity contribution in [3.05, 3.63) is 63.7 Å². The van der Waals surface area contributed by atoms with Crippen LogP contribution in [-0.4, -0.2) is 5.78 Å². The van der Waals surface area contributed by atoms with Crippen molar-refractivity contribution >= 4 is 29.1 Å². The molecule has 2 aromatic carbocycles. The van der Waals surface area contributed by atoms with Gasteiger partial charge < -0.3 is 0 Å². The Morgan fingerprint density at radius 1 is 1.10 bits per heavy atom. The Balaban J connectivity index is 2.12. The Kier molecular flexibility index (Phi) is 4.90. The highest BCUT2D eigenvalue weighted by Crippen LogP contribution is 2.31. The number of aryl methyl sites for hydroxylation is 2. The van der Waals surface area contributed by atoms with Gasteiger partial charge in [0.2, 0.25) is 0 Å². The average molecular weight is 305 g/mol. The van der Waals surface area contributed by atoms with Crippen molar-refractivity contribution in [1.29, 1.82) is 0 Å². The number of hydrogen-bond acceptors (Lipinski definition) is 2. The summed E-state index contributed by atoms with van der Waals surface area (Å²) in [5.74, 6) is 0.916. The second-order valence-electron chi connectivity index (χ2n) is 4.99. The molecule has 0 heterocycles. The molecule has 20 heavy (non-hydrogen) atoms. The smallest absolute Gasteiger partial charge is 0.159 e. The molecule has 0 fully saturated rings. The first-order valence-corrected chi connectivity index (χ1v) is 7.82. The number of ketones is 1. The van der Waals surface area contributed by atoms with Gasteiger partial charge in [-0.1, -0.05) is 47.0 Å². The van der Waals surface area contributed by atoms with E-state index in [1.807, 2.05) is 12.1 Å². The zero-order chi connectivity index (χ0) is 14.7. The molecule has 104 valence electrons. The fraction of sp³-hybridized carbons (Fsp3) is 0.235. The molecule has 0 aromatic heterocycles. The summed E-state index contributed by atoms with van der Waals surface area (Å²) in [6.45, 7) is 5.76. The number of Topliss-reactive ketones (excluding diaryl/α,β-unsaturated/α-hetero) is 1. The van der Waals surface area contributed by atoms with Crippen LogP contribution in [-0.2, 0) is 5.75 Å². The Morgan fingerprint density at radius 2 is 1.75 bits per heavy atom. The molecule has 0 aliphatic heterocycles. The summed E-state index contributed by atoms with van der Waals surface area (Å²) in [5, 5.41) is 0.645. The molecule has 0 atom stereocenters. The SMILES string of the molecule is CC(=O)c1ccc(SCc2cc(C)cc(C)c2)c(Cl)c1. The van der Waals surface area contributed by atoms with E-state index in [9.17, 15) is 4.79 Å². The van der Waals surface area contributed by atoms with Gasteiger partial charge in [-0.15, -0.1) is 11.8 Å². The molecule has 2 aromatic rings. The van der Waals surface area contributed by atoms with Crippen LogP contribution < -0.4 is 0 Å². The van der Waals surface area contributed by atoms with Gasteiger partial charge in [0, 0.05) is 16.2 Å². The van der Waals surface area contributed by atoms with Gasteiger partial charge in [-0.05, 0) is 38.5 Å². The molecular weight excluding hydrogens is 288 g/mol. The van der Waals surface area contributed by atoms with Gasteiger partial charge in [-0.2, -0.15) is 0 Å². The summed E-state index contributed by atoms with van der Waals surface area (Å²) >= 11 is 7.92. The number of carbonyl (C=O) groups is 1. The van der Waals surface area contributed by atoms with E-state index < -0.39 is 0 Å². The Hall–Kier alpha value is -1.25. The maximum absolute atomic E-state index is 11.3. The zero-order valence-corrected chi connectivity index (χ0v) is 13.4. The first-order chi connectivity index (χ1) is 9.45. The fourth-order valence-corrected chi connectivity index (χ4v) is 3.34. The van der Waals surface area contributed by atoms with Crippen molar-refractivity contribution in [2.24, 2.45) is 0 Å². The number of halogens is 1. The van der Waals surface area contributed by atoms with E-state index in [4.69, 9.17) is 11.6 Å². The first-order valence-electron chi connectivity index (χ1n) is 6.46. The van der Waals surface area contributed by atoms with Crippen molar-refractivity contribution in [2.75, 3.05) is 0 Å². The van der Waals surface area contributed by atoms with Crippen LogP contribution in [0.2, 0.25) is 5.02 Å². The molecule has 0 aliphatic carbocycles. The molecule has 0 amide bonds. The lowest BCUT2D eigenvalue weighted by Crippen LogP contribution is -1.92. The van der Waals surface area contributed by atoms with E-state index in [2.05, 4.69) is 32.0 Å². The van der Waals surface area contributed by atoms with E-state index in [1.54, 1.807) is 24.8 Å². The van der Waals surface area contributed by atoms with Crippen LogP contribution in [0.4, 0.5) is 0 Å². The minimum Gasteiger partial charge on any atom is -0.295 e. The van der Waals surface area contributed by atoms with Crippen molar-refractivity contribution in [2.45, 2.75) is 31.4 Å². The molecule has 0 N–H and O–H groups in total. The third-order valence-corrected chi connectivity index (χ3v) is 4.58. The van der Waals surface area contributed by atoms with Crippen LogP contribution in [0.25, 0.3) is 0 Å². The normalized spacial score (nSPS) is 10.6. The van der Waals surface area contributed by atoms with Gasteiger partial charge in [0.15, 0.2) is 5.78 Å². The van der Waals surface area contributed by atoms with Crippen LogP contribution in [0.5, 0.6) is 0 Å². The quantitative estimate of drug-likeness (QED) is 0.552. The highest BCUT2D eigenvalue weighted by molar-refractivity contribution is 7.98. The predicted molar refractivity (Wildman–Crippen MR) is 86.9 cm³/mol. The summed E-state index contributed by atoms with van der Waals surface area (Å²) in [5.41, 5.74) is 4.50. The second-order valence-corrected chi connectivity index (χ2v) is 6.41. The Bertz CT molecular complexity index is 629. The van der Waals surface area contributed by atoms with Crippen molar-refractivity contribution < 1.29 is 4.79 Å². The number of thioether (sulfide) groups is 1. The molecule has 0 spiro atoms. The molecule has 2 rings (SSSR count). The lowest BCUT2D eigenvalue weighted by molar-refractivity contribution is 0.101. The molecule has 0 bridgehead atoms. The summed E-state index contributed by atoms with van der Waals surface area (Å²) < 4.78 is 0. The van der Waals surface area contributed by atoms with Gasteiger partial charge in [0.05, 0.1) is 5.02 Å². The Morgan fingerprint density at radius 3 is 2.30 bits per heavy atom. The third kappa shape index (κ3) is 3.87. The van der Waals surface area contributed by atoms with Gasteiger partial charge >= 0.3 is 0 Å².